The van der Waals surface area contributed by atoms with E-state index < -0.39 is 9.84 Å². The number of benzene rings is 1. The van der Waals surface area contributed by atoms with Gasteiger partial charge < -0.3 is 10.0 Å². The molecule has 1 aromatic rings. The summed E-state index contributed by atoms with van der Waals surface area (Å²) in [4.78, 5) is 2.59. The molecule has 3 fully saturated rings. The first kappa shape index (κ1) is 23.3. The Morgan fingerprint density at radius 3 is 2.39 bits per heavy atom. The minimum Gasteiger partial charge on any atom is -0.508 e. The summed E-state index contributed by atoms with van der Waals surface area (Å²) in [6.45, 7) is 15.5. The standard InChI is InChI=1S/C28H41NO3S/c1-19(29-14-7-6-8-15-29)20-16-21(30)25-22(17-20)33(31,32)18-24-27(4)12-9-11-26(2,3)23(27)10-13-28(24,25)5/h16-17,23-24,30H,1,6-15,18H2,2-5H3/t23-,24+,27-,28+/m0/s1. The minimum absolute atomic E-state index is 0.0258. The van der Waals surface area contributed by atoms with Crippen molar-refractivity contribution in [1.82, 2.24) is 4.90 Å². The number of phenolic OH excluding ortho intramolecular Hbond substituents is 1. The fourth-order valence-corrected chi connectivity index (χ4v) is 10.9. The normalized spacial score (nSPS) is 36.9. The van der Waals surface area contributed by atoms with E-state index in [4.69, 9.17) is 0 Å². The fraction of sp³-hybridized carbons (Fsp3) is 0.714. The number of hydrogen-bond donors (Lipinski definition) is 1. The van der Waals surface area contributed by atoms with Gasteiger partial charge in [-0.25, -0.2) is 8.42 Å². The summed E-state index contributed by atoms with van der Waals surface area (Å²) in [5, 5.41) is 11.4. The largest absolute Gasteiger partial charge is 0.508 e. The highest BCUT2D eigenvalue weighted by Crippen LogP contribution is 2.67. The number of piperidine rings is 1. The maximum absolute atomic E-state index is 13.8. The zero-order chi connectivity index (χ0) is 23.8. The molecule has 0 aromatic heterocycles. The van der Waals surface area contributed by atoms with E-state index in [9.17, 15) is 13.5 Å². The van der Waals surface area contributed by atoms with Crippen molar-refractivity contribution in [1.29, 1.82) is 0 Å². The van der Waals surface area contributed by atoms with Crippen LogP contribution in [0.15, 0.2) is 23.6 Å². The predicted molar refractivity (Wildman–Crippen MR) is 134 cm³/mol. The van der Waals surface area contributed by atoms with Gasteiger partial charge in [0.05, 0.1) is 10.6 Å². The Kier molecular flexibility index (Phi) is 5.29. The molecule has 182 valence electrons. The summed E-state index contributed by atoms with van der Waals surface area (Å²) in [6.07, 6.45) is 8.96. The number of fused-ring (bicyclic) bond motifs is 5. The molecular formula is C28H41NO3S. The third-order valence-electron chi connectivity index (χ3n) is 10.2. The van der Waals surface area contributed by atoms with Gasteiger partial charge in [-0.05, 0) is 79.7 Å². The summed E-state index contributed by atoms with van der Waals surface area (Å²) in [6, 6.07) is 3.61. The molecule has 2 heterocycles. The lowest BCUT2D eigenvalue weighted by molar-refractivity contribution is -0.0984. The van der Waals surface area contributed by atoms with Crippen molar-refractivity contribution in [2.24, 2.45) is 22.7 Å². The van der Waals surface area contributed by atoms with E-state index in [1.165, 1.54) is 12.8 Å². The SMILES string of the molecule is C=C(c1cc(O)c2c(c1)S(=O)(=O)C[C@@H]1[C@@]3(C)CCCC(C)(C)[C@@H]3CC[C@@]21C)N1CCCCC1. The summed E-state index contributed by atoms with van der Waals surface area (Å²) < 4.78 is 27.6. The van der Waals surface area contributed by atoms with E-state index >= 15 is 0 Å². The third-order valence-corrected chi connectivity index (χ3v) is 12.0. The lowest BCUT2D eigenvalue weighted by Crippen LogP contribution is -2.59. The van der Waals surface area contributed by atoms with Crippen LogP contribution < -0.4 is 0 Å². The van der Waals surface area contributed by atoms with Gasteiger partial charge in [-0.1, -0.05) is 40.7 Å². The molecule has 1 aromatic carbocycles. The van der Waals surface area contributed by atoms with Crippen LogP contribution in [0.2, 0.25) is 0 Å². The molecule has 5 heteroatoms. The quantitative estimate of drug-likeness (QED) is 0.563. The first-order chi connectivity index (χ1) is 15.4. The Bertz CT molecular complexity index is 1080. The Morgan fingerprint density at radius 1 is 1.00 bits per heavy atom. The first-order valence-electron chi connectivity index (χ1n) is 12.9. The van der Waals surface area contributed by atoms with Crippen LogP contribution in [0.5, 0.6) is 5.75 Å². The van der Waals surface area contributed by atoms with Gasteiger partial charge >= 0.3 is 0 Å². The Labute approximate surface area is 200 Å². The van der Waals surface area contributed by atoms with E-state index in [2.05, 4.69) is 39.2 Å². The summed E-state index contributed by atoms with van der Waals surface area (Å²) in [7, 11) is -3.51. The molecule has 4 nitrogen and oxygen atoms in total. The number of likely N-dealkylation sites (tertiary alicyclic amines) is 1. The topological polar surface area (TPSA) is 57.6 Å². The molecule has 1 saturated heterocycles. The van der Waals surface area contributed by atoms with E-state index in [0.717, 1.165) is 62.9 Å². The van der Waals surface area contributed by atoms with Crippen molar-refractivity contribution < 1.29 is 13.5 Å². The van der Waals surface area contributed by atoms with Crippen LogP contribution in [0.3, 0.4) is 0 Å². The number of nitrogens with zero attached hydrogens (tertiary/aromatic N) is 1. The lowest BCUT2D eigenvalue weighted by Gasteiger charge is -2.63. The molecule has 2 aliphatic carbocycles. The zero-order valence-corrected chi connectivity index (χ0v) is 21.7. The van der Waals surface area contributed by atoms with Gasteiger partial charge in [0, 0.05) is 35.3 Å². The highest BCUT2D eigenvalue weighted by Gasteiger charge is 2.62. The second-order valence-electron chi connectivity index (χ2n) is 12.6. The number of sulfone groups is 1. The van der Waals surface area contributed by atoms with Crippen LogP contribution in [0.1, 0.15) is 90.2 Å². The van der Waals surface area contributed by atoms with Gasteiger partial charge in [-0.15, -0.1) is 0 Å². The molecule has 2 saturated carbocycles. The van der Waals surface area contributed by atoms with Crippen LogP contribution in [-0.2, 0) is 15.3 Å². The molecule has 2 aliphatic heterocycles. The number of phenols is 1. The zero-order valence-electron chi connectivity index (χ0n) is 20.9. The second-order valence-corrected chi connectivity index (χ2v) is 14.6. The van der Waals surface area contributed by atoms with Crippen molar-refractivity contribution >= 4 is 15.5 Å². The molecule has 4 atom stereocenters. The molecule has 0 radical (unpaired) electrons. The maximum Gasteiger partial charge on any atom is 0.179 e. The van der Waals surface area contributed by atoms with Gasteiger partial charge in [0.15, 0.2) is 9.84 Å². The molecule has 0 amide bonds. The van der Waals surface area contributed by atoms with E-state index in [1.54, 1.807) is 6.07 Å². The van der Waals surface area contributed by atoms with Crippen molar-refractivity contribution in [3.05, 3.63) is 29.8 Å². The highest BCUT2D eigenvalue weighted by atomic mass is 32.2. The van der Waals surface area contributed by atoms with Crippen LogP contribution in [0.25, 0.3) is 5.70 Å². The van der Waals surface area contributed by atoms with E-state index in [-0.39, 0.29) is 33.7 Å². The molecule has 33 heavy (non-hydrogen) atoms. The predicted octanol–water partition coefficient (Wildman–Crippen LogP) is 6.14. The van der Waals surface area contributed by atoms with E-state index in [1.807, 2.05) is 6.07 Å². The van der Waals surface area contributed by atoms with Gasteiger partial charge in [0.25, 0.3) is 0 Å². The summed E-state index contributed by atoms with van der Waals surface area (Å²) in [5.74, 6) is 0.892. The lowest BCUT2D eigenvalue weighted by atomic mass is 9.43. The molecule has 5 rings (SSSR count). The Hall–Kier alpha value is -1.49. The first-order valence-corrected chi connectivity index (χ1v) is 14.6. The van der Waals surface area contributed by atoms with Gasteiger partial charge in [-0.2, -0.15) is 0 Å². The van der Waals surface area contributed by atoms with Crippen molar-refractivity contribution in [2.75, 3.05) is 18.8 Å². The smallest absolute Gasteiger partial charge is 0.179 e. The molecule has 0 spiro atoms. The number of hydrogen-bond acceptors (Lipinski definition) is 4. The van der Waals surface area contributed by atoms with Crippen molar-refractivity contribution in [2.45, 2.75) is 89.4 Å². The highest BCUT2D eigenvalue weighted by molar-refractivity contribution is 7.91. The van der Waals surface area contributed by atoms with Crippen molar-refractivity contribution in [3.8, 4) is 5.75 Å². The summed E-state index contributed by atoms with van der Waals surface area (Å²) >= 11 is 0. The third kappa shape index (κ3) is 3.39. The van der Waals surface area contributed by atoms with Crippen LogP contribution in [0.4, 0.5) is 0 Å². The molecule has 0 unspecified atom stereocenters. The summed E-state index contributed by atoms with van der Waals surface area (Å²) in [5.41, 5.74) is 2.14. The molecule has 4 aliphatic rings. The maximum atomic E-state index is 13.8. The number of rotatable bonds is 2. The van der Waals surface area contributed by atoms with Crippen LogP contribution >= 0.6 is 0 Å². The van der Waals surface area contributed by atoms with E-state index in [0.29, 0.717) is 16.4 Å². The van der Waals surface area contributed by atoms with Gasteiger partial charge in [0.2, 0.25) is 0 Å². The Balaban J connectivity index is 1.61. The van der Waals surface area contributed by atoms with Gasteiger partial charge in [-0.3, -0.25) is 0 Å². The average Bonchev–Trinajstić information content (AvgIpc) is 2.74. The molecule has 0 bridgehead atoms. The fourth-order valence-electron chi connectivity index (χ4n) is 8.57. The van der Waals surface area contributed by atoms with Crippen LogP contribution in [-0.4, -0.2) is 37.3 Å². The Morgan fingerprint density at radius 2 is 1.70 bits per heavy atom. The minimum atomic E-state index is -3.51. The molecule has 1 N–H and O–H groups in total. The van der Waals surface area contributed by atoms with Gasteiger partial charge in [0.1, 0.15) is 5.75 Å². The van der Waals surface area contributed by atoms with Crippen molar-refractivity contribution in [3.63, 3.8) is 0 Å². The van der Waals surface area contributed by atoms with Crippen LogP contribution in [0, 0.1) is 22.7 Å². The average molecular weight is 472 g/mol. The molecular weight excluding hydrogens is 430 g/mol. The monoisotopic (exact) mass is 471 g/mol. The number of aromatic hydroxyl groups is 1. The second kappa shape index (κ2) is 7.50.